The van der Waals surface area contributed by atoms with Gasteiger partial charge < -0.3 is 0 Å². The highest BCUT2D eigenvalue weighted by Crippen LogP contribution is 2.29. The summed E-state index contributed by atoms with van der Waals surface area (Å²) >= 11 is 3.39. The van der Waals surface area contributed by atoms with Gasteiger partial charge in [-0.05, 0) is 47.0 Å². The molecule has 5 nitrogen and oxygen atoms in total. The van der Waals surface area contributed by atoms with E-state index in [0.717, 1.165) is 22.3 Å². The lowest BCUT2D eigenvalue weighted by Crippen LogP contribution is -2.30. The van der Waals surface area contributed by atoms with E-state index in [1.807, 2.05) is 12.1 Å². The number of pyridine rings is 1. The van der Waals surface area contributed by atoms with Crippen molar-refractivity contribution in [2.75, 3.05) is 0 Å². The van der Waals surface area contributed by atoms with Crippen molar-refractivity contribution < 1.29 is 0 Å². The van der Waals surface area contributed by atoms with Gasteiger partial charge in [0.05, 0.1) is 23.5 Å². The van der Waals surface area contributed by atoms with E-state index in [9.17, 15) is 0 Å². The molecule has 0 radical (unpaired) electrons. The molecule has 3 N–H and O–H groups in total. The zero-order chi connectivity index (χ0) is 14.7. The van der Waals surface area contributed by atoms with Gasteiger partial charge >= 0.3 is 0 Å². The van der Waals surface area contributed by atoms with Gasteiger partial charge in [0.15, 0.2) is 0 Å². The number of hydrogen-bond donors (Lipinski definition) is 2. The second-order valence-electron chi connectivity index (χ2n) is 5.55. The molecule has 1 unspecified atom stereocenters. The maximum Gasteiger partial charge on any atom is 0.0688 e. The molecule has 1 aliphatic carbocycles. The lowest BCUT2D eigenvalue weighted by molar-refractivity contribution is 0.456. The van der Waals surface area contributed by atoms with Crippen LogP contribution in [0.25, 0.3) is 0 Å². The molecule has 2 aromatic heterocycles. The molecule has 1 aliphatic rings. The Morgan fingerprint density at radius 3 is 2.81 bits per heavy atom. The van der Waals surface area contributed by atoms with E-state index in [1.165, 1.54) is 25.7 Å². The number of nitrogens with zero attached hydrogens (tertiary/aromatic N) is 3. The van der Waals surface area contributed by atoms with Gasteiger partial charge in [-0.15, -0.1) is 0 Å². The van der Waals surface area contributed by atoms with E-state index in [1.54, 1.807) is 6.20 Å². The van der Waals surface area contributed by atoms with Crippen molar-refractivity contribution in [1.29, 1.82) is 0 Å². The summed E-state index contributed by atoms with van der Waals surface area (Å²) in [6, 6.07) is 6.59. The number of nitrogens with one attached hydrogen (secondary N) is 1. The Labute approximate surface area is 133 Å². The Hall–Kier alpha value is -1.24. The smallest absolute Gasteiger partial charge is 0.0688 e. The van der Waals surface area contributed by atoms with Crippen LogP contribution < -0.4 is 11.3 Å². The summed E-state index contributed by atoms with van der Waals surface area (Å²) < 4.78 is 3.08. The van der Waals surface area contributed by atoms with Gasteiger partial charge in [-0.2, -0.15) is 5.10 Å². The zero-order valence-corrected chi connectivity index (χ0v) is 13.5. The standard InChI is InChI=1S/C15H20BrN5/c16-11-5-6-14(18-10-11)15(19-17)9-12-7-8-21(20-12)13-3-1-2-4-13/h5-8,10,13,15,19H,1-4,9,17H2. The molecule has 2 aromatic rings. The van der Waals surface area contributed by atoms with Crippen LogP contribution in [0.2, 0.25) is 0 Å². The molecule has 0 aliphatic heterocycles. The van der Waals surface area contributed by atoms with E-state index in [-0.39, 0.29) is 6.04 Å². The minimum absolute atomic E-state index is 0.0231. The van der Waals surface area contributed by atoms with E-state index in [0.29, 0.717) is 6.04 Å². The third-order valence-corrected chi connectivity index (χ3v) is 4.55. The molecule has 1 fully saturated rings. The van der Waals surface area contributed by atoms with Crippen LogP contribution in [0.5, 0.6) is 0 Å². The quantitative estimate of drug-likeness (QED) is 0.643. The van der Waals surface area contributed by atoms with Crippen LogP contribution in [0.4, 0.5) is 0 Å². The van der Waals surface area contributed by atoms with Crippen LogP contribution in [-0.2, 0) is 6.42 Å². The maximum atomic E-state index is 5.68. The van der Waals surface area contributed by atoms with Crippen LogP contribution in [-0.4, -0.2) is 14.8 Å². The minimum atomic E-state index is -0.0231. The van der Waals surface area contributed by atoms with E-state index < -0.39 is 0 Å². The van der Waals surface area contributed by atoms with Crippen molar-refractivity contribution in [1.82, 2.24) is 20.2 Å². The van der Waals surface area contributed by atoms with Gasteiger partial charge in [0.1, 0.15) is 0 Å². The molecule has 0 amide bonds. The SMILES string of the molecule is NNC(Cc1ccn(C2CCCC2)n1)c1ccc(Br)cn1. The molecule has 1 atom stereocenters. The van der Waals surface area contributed by atoms with Crippen molar-refractivity contribution in [2.45, 2.75) is 44.2 Å². The van der Waals surface area contributed by atoms with Crippen LogP contribution >= 0.6 is 15.9 Å². The average molecular weight is 350 g/mol. The van der Waals surface area contributed by atoms with Gasteiger partial charge in [0, 0.05) is 23.3 Å². The first kappa shape index (κ1) is 14.7. The zero-order valence-electron chi connectivity index (χ0n) is 11.9. The topological polar surface area (TPSA) is 68.8 Å². The lowest BCUT2D eigenvalue weighted by atomic mass is 10.1. The molecule has 6 heteroatoms. The van der Waals surface area contributed by atoms with Crippen molar-refractivity contribution in [2.24, 2.45) is 5.84 Å². The van der Waals surface area contributed by atoms with Crippen molar-refractivity contribution in [3.05, 3.63) is 46.5 Å². The monoisotopic (exact) mass is 349 g/mol. The molecule has 112 valence electrons. The molecule has 21 heavy (non-hydrogen) atoms. The Bertz CT molecular complexity index is 574. The Balaban J connectivity index is 1.70. The summed E-state index contributed by atoms with van der Waals surface area (Å²) in [4.78, 5) is 4.41. The first-order valence-corrected chi connectivity index (χ1v) is 8.17. The van der Waals surface area contributed by atoms with Gasteiger partial charge in [0.25, 0.3) is 0 Å². The lowest BCUT2D eigenvalue weighted by Gasteiger charge is -2.14. The van der Waals surface area contributed by atoms with Crippen LogP contribution in [0.3, 0.4) is 0 Å². The van der Waals surface area contributed by atoms with Crippen LogP contribution in [0, 0.1) is 0 Å². The van der Waals surface area contributed by atoms with Gasteiger partial charge in [0.2, 0.25) is 0 Å². The van der Waals surface area contributed by atoms with E-state index >= 15 is 0 Å². The summed E-state index contributed by atoms with van der Waals surface area (Å²) in [6.45, 7) is 0. The van der Waals surface area contributed by atoms with Gasteiger partial charge in [-0.3, -0.25) is 20.9 Å². The molecule has 1 saturated carbocycles. The van der Waals surface area contributed by atoms with Gasteiger partial charge in [-0.25, -0.2) is 0 Å². The fourth-order valence-electron chi connectivity index (χ4n) is 2.91. The number of rotatable bonds is 5. The Morgan fingerprint density at radius 1 is 1.33 bits per heavy atom. The molecular formula is C15H20BrN5. The predicted octanol–water partition coefficient (Wildman–Crippen LogP) is 2.90. The number of aromatic nitrogens is 3. The van der Waals surface area contributed by atoms with E-state index in [4.69, 9.17) is 10.9 Å². The van der Waals surface area contributed by atoms with Gasteiger partial charge in [-0.1, -0.05) is 12.8 Å². The normalized spacial score (nSPS) is 17.2. The largest absolute Gasteiger partial charge is 0.271 e. The summed E-state index contributed by atoms with van der Waals surface area (Å²) in [5.41, 5.74) is 4.82. The van der Waals surface area contributed by atoms with E-state index in [2.05, 4.69) is 43.3 Å². The molecule has 0 bridgehead atoms. The first-order valence-electron chi connectivity index (χ1n) is 7.38. The predicted molar refractivity (Wildman–Crippen MR) is 85.4 cm³/mol. The average Bonchev–Trinajstić information content (AvgIpc) is 3.17. The van der Waals surface area contributed by atoms with Crippen molar-refractivity contribution in [3.63, 3.8) is 0 Å². The fourth-order valence-corrected chi connectivity index (χ4v) is 3.14. The Kier molecular flexibility index (Phi) is 4.67. The summed E-state index contributed by atoms with van der Waals surface area (Å²) in [7, 11) is 0. The third-order valence-electron chi connectivity index (χ3n) is 4.08. The van der Waals surface area contributed by atoms with Crippen LogP contribution in [0.1, 0.15) is 49.2 Å². The highest BCUT2D eigenvalue weighted by molar-refractivity contribution is 9.10. The second-order valence-corrected chi connectivity index (χ2v) is 6.47. The third kappa shape index (κ3) is 3.51. The van der Waals surface area contributed by atoms with Crippen molar-refractivity contribution in [3.8, 4) is 0 Å². The second kappa shape index (κ2) is 6.68. The summed E-state index contributed by atoms with van der Waals surface area (Å²) in [5, 5.41) is 4.71. The maximum absolute atomic E-state index is 5.68. The molecular weight excluding hydrogens is 330 g/mol. The number of hydrogen-bond acceptors (Lipinski definition) is 4. The summed E-state index contributed by atoms with van der Waals surface area (Å²) in [5.74, 6) is 5.68. The van der Waals surface area contributed by atoms with Crippen LogP contribution in [0.15, 0.2) is 35.1 Å². The first-order chi connectivity index (χ1) is 10.3. The summed E-state index contributed by atoms with van der Waals surface area (Å²) in [6.07, 6.45) is 9.74. The number of halogens is 1. The number of hydrazine groups is 1. The Morgan fingerprint density at radius 2 is 2.14 bits per heavy atom. The highest BCUT2D eigenvalue weighted by atomic mass is 79.9. The fraction of sp³-hybridized carbons (Fsp3) is 0.467. The van der Waals surface area contributed by atoms with Crippen molar-refractivity contribution >= 4 is 15.9 Å². The molecule has 3 rings (SSSR count). The number of nitrogens with two attached hydrogens (primary N) is 1. The molecule has 0 spiro atoms. The minimum Gasteiger partial charge on any atom is -0.271 e. The molecule has 2 heterocycles. The molecule has 0 saturated heterocycles. The molecule has 0 aromatic carbocycles. The highest BCUT2D eigenvalue weighted by Gasteiger charge is 2.19.